The lowest BCUT2D eigenvalue weighted by Gasteiger charge is -2.38. The largest absolute Gasteiger partial charge is 0.496 e. The number of nitrogens with zero attached hydrogens (tertiary/aromatic N) is 1. The SMILES string of the molecule is COc1ccccc1C1(CNC(=O)c2ccccc2[N+](=O)[O-])CCOCC1. The van der Waals surface area contributed by atoms with Crippen molar-refractivity contribution in [1.29, 1.82) is 0 Å². The van der Waals surface area contributed by atoms with E-state index in [-0.39, 0.29) is 16.7 Å². The van der Waals surface area contributed by atoms with Crippen molar-refractivity contribution in [2.24, 2.45) is 0 Å². The molecular formula is C20H22N2O5. The lowest BCUT2D eigenvalue weighted by molar-refractivity contribution is -0.385. The first-order valence-electron chi connectivity index (χ1n) is 8.80. The molecule has 0 saturated carbocycles. The Morgan fingerprint density at radius 2 is 1.85 bits per heavy atom. The van der Waals surface area contributed by atoms with E-state index in [9.17, 15) is 14.9 Å². The predicted molar refractivity (Wildman–Crippen MR) is 100 cm³/mol. The van der Waals surface area contributed by atoms with Gasteiger partial charge in [0.1, 0.15) is 11.3 Å². The predicted octanol–water partition coefficient (Wildman–Crippen LogP) is 3.08. The quantitative estimate of drug-likeness (QED) is 0.623. The number of amides is 1. The smallest absolute Gasteiger partial charge is 0.282 e. The van der Waals surface area contributed by atoms with Crippen molar-refractivity contribution in [3.05, 3.63) is 69.8 Å². The number of para-hydroxylation sites is 2. The highest BCUT2D eigenvalue weighted by Gasteiger charge is 2.37. The number of hydrogen-bond donors (Lipinski definition) is 1. The van der Waals surface area contributed by atoms with Gasteiger partial charge in [-0.25, -0.2) is 0 Å². The van der Waals surface area contributed by atoms with Gasteiger partial charge in [-0.2, -0.15) is 0 Å². The van der Waals surface area contributed by atoms with Gasteiger partial charge in [0.2, 0.25) is 0 Å². The van der Waals surface area contributed by atoms with E-state index in [1.54, 1.807) is 19.2 Å². The fourth-order valence-corrected chi connectivity index (χ4v) is 3.56. The summed E-state index contributed by atoms with van der Waals surface area (Å²) < 4.78 is 11.0. The van der Waals surface area contributed by atoms with Crippen LogP contribution in [0.2, 0.25) is 0 Å². The van der Waals surface area contributed by atoms with Crippen LogP contribution in [0.1, 0.15) is 28.8 Å². The molecule has 1 aliphatic rings. The Morgan fingerprint density at radius 1 is 1.19 bits per heavy atom. The Morgan fingerprint density at radius 3 is 2.56 bits per heavy atom. The van der Waals surface area contributed by atoms with E-state index in [1.807, 2.05) is 24.3 Å². The minimum atomic E-state index is -0.542. The maximum Gasteiger partial charge on any atom is 0.282 e. The Balaban J connectivity index is 1.86. The summed E-state index contributed by atoms with van der Waals surface area (Å²) in [4.78, 5) is 23.3. The molecule has 1 amide bonds. The molecule has 2 aromatic carbocycles. The lowest BCUT2D eigenvalue weighted by Crippen LogP contribution is -2.44. The second-order valence-corrected chi connectivity index (χ2v) is 6.55. The van der Waals surface area contributed by atoms with Gasteiger partial charge < -0.3 is 14.8 Å². The van der Waals surface area contributed by atoms with E-state index in [1.165, 1.54) is 12.1 Å². The summed E-state index contributed by atoms with van der Waals surface area (Å²) in [6.45, 7) is 1.51. The zero-order chi connectivity index (χ0) is 19.3. The zero-order valence-corrected chi connectivity index (χ0v) is 15.1. The van der Waals surface area contributed by atoms with Crippen LogP contribution in [-0.2, 0) is 10.2 Å². The average Bonchev–Trinajstić information content (AvgIpc) is 2.72. The first-order valence-corrected chi connectivity index (χ1v) is 8.80. The highest BCUT2D eigenvalue weighted by molar-refractivity contribution is 5.98. The molecule has 1 heterocycles. The van der Waals surface area contributed by atoms with Crippen LogP contribution in [0.15, 0.2) is 48.5 Å². The molecule has 0 radical (unpaired) electrons. The molecule has 0 unspecified atom stereocenters. The van der Waals surface area contributed by atoms with Crippen molar-refractivity contribution >= 4 is 11.6 Å². The summed E-state index contributed by atoms with van der Waals surface area (Å²) in [5.41, 5.74) is 0.529. The molecule has 142 valence electrons. The van der Waals surface area contributed by atoms with Gasteiger partial charge in [0.25, 0.3) is 11.6 Å². The summed E-state index contributed by atoms with van der Waals surface area (Å²) in [7, 11) is 1.62. The standard InChI is InChI=1S/C20H22N2O5/c1-26-18-9-5-3-7-16(18)20(10-12-27-13-11-20)14-21-19(23)15-6-2-4-8-17(15)22(24)25/h2-9H,10-14H2,1H3,(H,21,23). The number of rotatable bonds is 6. The van der Waals surface area contributed by atoms with E-state index in [2.05, 4.69) is 5.32 Å². The van der Waals surface area contributed by atoms with Crippen molar-refractivity contribution < 1.29 is 19.2 Å². The summed E-state index contributed by atoms with van der Waals surface area (Å²) in [5.74, 6) is 0.308. The van der Waals surface area contributed by atoms with Crippen LogP contribution < -0.4 is 10.1 Å². The summed E-state index contributed by atoms with van der Waals surface area (Å²) >= 11 is 0. The summed E-state index contributed by atoms with van der Waals surface area (Å²) in [6, 6.07) is 13.7. The number of ether oxygens (including phenoxy) is 2. The first-order chi connectivity index (χ1) is 13.1. The fourth-order valence-electron chi connectivity index (χ4n) is 3.56. The van der Waals surface area contributed by atoms with E-state index < -0.39 is 10.8 Å². The van der Waals surface area contributed by atoms with Crippen molar-refractivity contribution in [2.75, 3.05) is 26.9 Å². The Labute approximate surface area is 157 Å². The number of nitro benzene ring substituents is 1. The van der Waals surface area contributed by atoms with Gasteiger partial charge in [-0.15, -0.1) is 0 Å². The van der Waals surface area contributed by atoms with Gasteiger partial charge in [0.15, 0.2) is 0 Å². The van der Waals surface area contributed by atoms with Crippen LogP contribution in [0.3, 0.4) is 0 Å². The molecule has 2 aromatic rings. The van der Waals surface area contributed by atoms with Crippen LogP contribution in [0, 0.1) is 10.1 Å². The molecular weight excluding hydrogens is 348 g/mol. The van der Waals surface area contributed by atoms with Crippen molar-refractivity contribution in [1.82, 2.24) is 5.32 Å². The van der Waals surface area contributed by atoms with E-state index in [0.717, 1.165) is 24.2 Å². The van der Waals surface area contributed by atoms with Crippen molar-refractivity contribution in [3.63, 3.8) is 0 Å². The van der Waals surface area contributed by atoms with Crippen LogP contribution >= 0.6 is 0 Å². The molecule has 1 aliphatic heterocycles. The van der Waals surface area contributed by atoms with Gasteiger partial charge in [0, 0.05) is 36.8 Å². The van der Waals surface area contributed by atoms with Crippen molar-refractivity contribution in [3.8, 4) is 5.75 Å². The Bertz CT molecular complexity index is 831. The van der Waals surface area contributed by atoms with Crippen LogP contribution in [0.4, 0.5) is 5.69 Å². The molecule has 0 aliphatic carbocycles. The third-order valence-electron chi connectivity index (χ3n) is 5.06. The molecule has 0 aromatic heterocycles. The molecule has 0 bridgehead atoms. The van der Waals surface area contributed by atoms with Crippen LogP contribution in [0.5, 0.6) is 5.75 Å². The van der Waals surface area contributed by atoms with Gasteiger partial charge in [-0.1, -0.05) is 30.3 Å². The highest BCUT2D eigenvalue weighted by atomic mass is 16.6. The molecule has 1 saturated heterocycles. The molecule has 0 spiro atoms. The fraction of sp³-hybridized carbons (Fsp3) is 0.350. The Hall–Kier alpha value is -2.93. The second kappa shape index (κ2) is 8.18. The van der Waals surface area contributed by atoms with Gasteiger partial charge >= 0.3 is 0 Å². The average molecular weight is 370 g/mol. The number of carbonyl (C=O) groups excluding carboxylic acids is 1. The summed E-state index contributed by atoms with van der Waals surface area (Å²) in [5, 5.41) is 14.1. The third kappa shape index (κ3) is 3.93. The molecule has 1 N–H and O–H groups in total. The number of methoxy groups -OCH3 is 1. The van der Waals surface area contributed by atoms with Gasteiger partial charge in [-0.3, -0.25) is 14.9 Å². The minimum Gasteiger partial charge on any atom is -0.496 e. The molecule has 7 heteroatoms. The normalized spacial score (nSPS) is 15.7. The maximum absolute atomic E-state index is 12.7. The number of nitrogens with one attached hydrogen (secondary N) is 1. The zero-order valence-electron chi connectivity index (χ0n) is 15.1. The number of nitro groups is 1. The van der Waals surface area contributed by atoms with Gasteiger partial charge in [0.05, 0.1) is 12.0 Å². The molecule has 7 nitrogen and oxygen atoms in total. The summed E-state index contributed by atoms with van der Waals surface area (Å²) in [6.07, 6.45) is 1.45. The minimum absolute atomic E-state index is 0.0599. The molecule has 27 heavy (non-hydrogen) atoms. The van der Waals surface area contributed by atoms with Gasteiger partial charge in [-0.05, 0) is 25.0 Å². The molecule has 3 rings (SSSR count). The second-order valence-electron chi connectivity index (χ2n) is 6.55. The van der Waals surface area contributed by atoms with E-state index in [0.29, 0.717) is 19.8 Å². The van der Waals surface area contributed by atoms with Crippen LogP contribution in [-0.4, -0.2) is 37.7 Å². The van der Waals surface area contributed by atoms with E-state index >= 15 is 0 Å². The maximum atomic E-state index is 12.7. The Kier molecular flexibility index (Phi) is 5.71. The number of benzene rings is 2. The molecule has 0 atom stereocenters. The molecule has 1 fully saturated rings. The van der Waals surface area contributed by atoms with E-state index in [4.69, 9.17) is 9.47 Å². The van der Waals surface area contributed by atoms with Crippen LogP contribution in [0.25, 0.3) is 0 Å². The highest BCUT2D eigenvalue weighted by Crippen LogP contribution is 2.39. The lowest BCUT2D eigenvalue weighted by atomic mass is 9.73. The monoisotopic (exact) mass is 370 g/mol. The number of hydrogen-bond acceptors (Lipinski definition) is 5. The number of carbonyl (C=O) groups is 1. The third-order valence-corrected chi connectivity index (χ3v) is 5.06. The van der Waals surface area contributed by atoms with Crippen molar-refractivity contribution in [2.45, 2.75) is 18.3 Å². The topological polar surface area (TPSA) is 90.7 Å². The first kappa shape index (κ1) is 18.8.